The van der Waals surface area contributed by atoms with Gasteiger partial charge in [0.15, 0.2) is 0 Å². The number of halogens is 2. The normalized spacial score (nSPS) is 24.2. The number of hydrogen-bond donors (Lipinski definition) is 2. The van der Waals surface area contributed by atoms with Crippen molar-refractivity contribution < 1.29 is 4.79 Å². The number of amides is 1. The molecular weight excluding hydrogens is 295 g/mol. The zero-order chi connectivity index (χ0) is 14.7. The Morgan fingerprint density at radius 3 is 2.75 bits per heavy atom. The lowest BCUT2D eigenvalue weighted by Crippen LogP contribution is -2.38. The van der Waals surface area contributed by atoms with Gasteiger partial charge in [0.05, 0.1) is 16.1 Å². The molecule has 1 fully saturated rings. The molecule has 1 aliphatic carbocycles. The fourth-order valence-corrected chi connectivity index (χ4v) is 2.97. The fourth-order valence-electron chi connectivity index (χ4n) is 2.66. The standard InChI is InChI=1S/C15H20Cl2N2O/c1-9(10-5-6-13(16)14(17)8-10)19-15(20)11-3-2-4-12(18)7-11/h5-6,8-9,11-12H,2-4,7,18H2,1H3,(H,19,20). The second-order valence-corrected chi connectivity index (χ2v) is 6.34. The lowest BCUT2D eigenvalue weighted by molar-refractivity contribution is -0.126. The summed E-state index contributed by atoms with van der Waals surface area (Å²) in [5.74, 6) is 0.114. The quantitative estimate of drug-likeness (QED) is 0.894. The molecule has 0 spiro atoms. The van der Waals surface area contributed by atoms with E-state index < -0.39 is 0 Å². The number of benzene rings is 1. The predicted octanol–water partition coefficient (Wildman–Crippen LogP) is 3.69. The van der Waals surface area contributed by atoms with E-state index in [1.165, 1.54) is 0 Å². The van der Waals surface area contributed by atoms with Crippen molar-refractivity contribution in [3.05, 3.63) is 33.8 Å². The lowest BCUT2D eigenvalue weighted by Gasteiger charge is -2.27. The molecule has 1 aromatic carbocycles. The van der Waals surface area contributed by atoms with Crippen LogP contribution in [0.3, 0.4) is 0 Å². The van der Waals surface area contributed by atoms with E-state index in [0.717, 1.165) is 31.2 Å². The minimum atomic E-state index is -0.0876. The van der Waals surface area contributed by atoms with Gasteiger partial charge < -0.3 is 11.1 Å². The number of hydrogen-bond acceptors (Lipinski definition) is 2. The monoisotopic (exact) mass is 314 g/mol. The van der Waals surface area contributed by atoms with Crippen molar-refractivity contribution in [1.82, 2.24) is 5.32 Å². The molecule has 2 rings (SSSR count). The maximum Gasteiger partial charge on any atom is 0.223 e. The average Bonchev–Trinajstić information content (AvgIpc) is 2.41. The summed E-state index contributed by atoms with van der Waals surface area (Å²) in [6.45, 7) is 1.94. The molecule has 0 heterocycles. The van der Waals surface area contributed by atoms with Gasteiger partial charge in [0.1, 0.15) is 0 Å². The van der Waals surface area contributed by atoms with Crippen molar-refractivity contribution in [2.45, 2.75) is 44.7 Å². The van der Waals surface area contributed by atoms with Crippen molar-refractivity contribution in [2.24, 2.45) is 11.7 Å². The number of carbonyl (C=O) groups is 1. The molecule has 0 bridgehead atoms. The van der Waals surface area contributed by atoms with Crippen molar-refractivity contribution in [1.29, 1.82) is 0 Å². The molecule has 0 radical (unpaired) electrons. The molecule has 3 unspecified atom stereocenters. The third-order valence-corrected chi connectivity index (χ3v) is 4.63. The minimum absolute atomic E-state index is 0.0315. The zero-order valence-corrected chi connectivity index (χ0v) is 13.0. The van der Waals surface area contributed by atoms with E-state index in [9.17, 15) is 4.79 Å². The topological polar surface area (TPSA) is 55.1 Å². The maximum atomic E-state index is 12.3. The largest absolute Gasteiger partial charge is 0.349 e. The summed E-state index contributed by atoms with van der Waals surface area (Å²) >= 11 is 11.9. The van der Waals surface area contributed by atoms with Crippen LogP contribution in [-0.4, -0.2) is 11.9 Å². The van der Waals surface area contributed by atoms with Crippen LogP contribution in [0.2, 0.25) is 10.0 Å². The number of nitrogens with one attached hydrogen (secondary N) is 1. The SMILES string of the molecule is CC(NC(=O)C1CCCC(N)C1)c1ccc(Cl)c(Cl)c1. The van der Waals surface area contributed by atoms with E-state index >= 15 is 0 Å². The van der Waals surface area contributed by atoms with Gasteiger partial charge in [-0.2, -0.15) is 0 Å². The number of carbonyl (C=O) groups excluding carboxylic acids is 1. The molecule has 3 atom stereocenters. The summed E-state index contributed by atoms with van der Waals surface area (Å²) in [4.78, 5) is 12.3. The highest BCUT2D eigenvalue weighted by Gasteiger charge is 2.26. The Morgan fingerprint density at radius 2 is 2.10 bits per heavy atom. The Kier molecular flexibility index (Phi) is 5.30. The third-order valence-electron chi connectivity index (χ3n) is 3.89. The molecule has 110 valence electrons. The molecule has 1 aromatic rings. The second-order valence-electron chi connectivity index (χ2n) is 5.53. The van der Waals surface area contributed by atoms with Crippen molar-refractivity contribution in [3.8, 4) is 0 Å². The molecule has 5 heteroatoms. The lowest BCUT2D eigenvalue weighted by atomic mass is 9.85. The highest BCUT2D eigenvalue weighted by Crippen LogP contribution is 2.27. The van der Waals surface area contributed by atoms with Crippen molar-refractivity contribution in [3.63, 3.8) is 0 Å². The summed E-state index contributed by atoms with van der Waals surface area (Å²) in [6.07, 6.45) is 3.75. The highest BCUT2D eigenvalue weighted by molar-refractivity contribution is 6.42. The average molecular weight is 315 g/mol. The molecule has 20 heavy (non-hydrogen) atoms. The summed E-state index contributed by atoms with van der Waals surface area (Å²) in [5.41, 5.74) is 6.88. The first-order valence-electron chi connectivity index (χ1n) is 6.98. The Morgan fingerprint density at radius 1 is 1.35 bits per heavy atom. The van der Waals surface area contributed by atoms with Crippen LogP contribution < -0.4 is 11.1 Å². The number of rotatable bonds is 3. The Bertz CT molecular complexity index is 493. The van der Waals surface area contributed by atoms with Gasteiger partial charge in [-0.1, -0.05) is 35.7 Å². The van der Waals surface area contributed by atoms with Crippen LogP contribution in [0.1, 0.15) is 44.2 Å². The molecule has 1 saturated carbocycles. The van der Waals surface area contributed by atoms with Gasteiger partial charge in [-0.25, -0.2) is 0 Å². The molecule has 3 N–H and O–H groups in total. The zero-order valence-electron chi connectivity index (χ0n) is 11.5. The van der Waals surface area contributed by atoms with Gasteiger partial charge in [-0.05, 0) is 43.9 Å². The van der Waals surface area contributed by atoms with Crippen LogP contribution >= 0.6 is 23.2 Å². The van der Waals surface area contributed by atoms with Gasteiger partial charge >= 0.3 is 0 Å². The van der Waals surface area contributed by atoms with Gasteiger partial charge in [0.2, 0.25) is 5.91 Å². The van der Waals surface area contributed by atoms with Crippen molar-refractivity contribution >= 4 is 29.1 Å². The van der Waals surface area contributed by atoms with Gasteiger partial charge in [0, 0.05) is 12.0 Å². The Hall–Kier alpha value is -0.770. The van der Waals surface area contributed by atoms with E-state index in [0.29, 0.717) is 10.0 Å². The maximum absolute atomic E-state index is 12.3. The highest BCUT2D eigenvalue weighted by atomic mass is 35.5. The van der Waals surface area contributed by atoms with E-state index in [2.05, 4.69) is 5.32 Å². The summed E-state index contributed by atoms with van der Waals surface area (Å²) < 4.78 is 0. The minimum Gasteiger partial charge on any atom is -0.349 e. The Balaban J connectivity index is 1.97. The summed E-state index contributed by atoms with van der Waals surface area (Å²) in [5, 5.41) is 4.06. The van der Waals surface area contributed by atoms with E-state index in [-0.39, 0.29) is 23.9 Å². The van der Waals surface area contributed by atoms with Crippen LogP contribution in [0, 0.1) is 5.92 Å². The number of nitrogens with two attached hydrogens (primary N) is 1. The molecule has 0 aromatic heterocycles. The summed E-state index contributed by atoms with van der Waals surface area (Å²) in [7, 11) is 0. The van der Waals surface area contributed by atoms with Gasteiger partial charge in [-0.3, -0.25) is 4.79 Å². The molecule has 3 nitrogen and oxygen atoms in total. The van der Waals surface area contributed by atoms with E-state index in [1.807, 2.05) is 13.0 Å². The van der Waals surface area contributed by atoms with E-state index in [4.69, 9.17) is 28.9 Å². The molecule has 1 aliphatic rings. The second kappa shape index (κ2) is 6.79. The van der Waals surface area contributed by atoms with Gasteiger partial charge in [-0.15, -0.1) is 0 Å². The third kappa shape index (κ3) is 3.87. The molecular formula is C15H20Cl2N2O. The first-order chi connectivity index (χ1) is 9.47. The molecule has 0 aliphatic heterocycles. The first kappa shape index (κ1) is 15.6. The molecule has 1 amide bonds. The van der Waals surface area contributed by atoms with Crippen LogP contribution in [0.4, 0.5) is 0 Å². The summed E-state index contributed by atoms with van der Waals surface area (Å²) in [6, 6.07) is 5.49. The Labute approximate surface area is 129 Å². The van der Waals surface area contributed by atoms with Crippen LogP contribution in [0.25, 0.3) is 0 Å². The van der Waals surface area contributed by atoms with Crippen molar-refractivity contribution in [2.75, 3.05) is 0 Å². The van der Waals surface area contributed by atoms with Crippen LogP contribution in [0.15, 0.2) is 18.2 Å². The smallest absolute Gasteiger partial charge is 0.223 e. The van der Waals surface area contributed by atoms with Crippen LogP contribution in [-0.2, 0) is 4.79 Å². The fraction of sp³-hybridized carbons (Fsp3) is 0.533. The first-order valence-corrected chi connectivity index (χ1v) is 7.74. The van der Waals surface area contributed by atoms with E-state index in [1.54, 1.807) is 12.1 Å². The molecule has 0 saturated heterocycles. The van der Waals surface area contributed by atoms with Crippen LogP contribution in [0.5, 0.6) is 0 Å². The predicted molar refractivity (Wildman–Crippen MR) is 83.0 cm³/mol. The van der Waals surface area contributed by atoms with Gasteiger partial charge in [0.25, 0.3) is 0 Å².